The molecule has 0 spiro atoms. The van der Waals surface area contributed by atoms with Crippen molar-refractivity contribution in [2.24, 2.45) is 0 Å². The van der Waals surface area contributed by atoms with Crippen LogP contribution in [-0.4, -0.2) is 25.8 Å². The maximum absolute atomic E-state index is 10.3. The molecule has 0 aliphatic heterocycles. The highest BCUT2D eigenvalue weighted by atomic mass is 35.5. The second-order valence-electron chi connectivity index (χ2n) is 4.95. The number of rotatable bonds is 6. The van der Waals surface area contributed by atoms with E-state index in [1.807, 2.05) is 49.5 Å². The Labute approximate surface area is 130 Å². The van der Waals surface area contributed by atoms with Gasteiger partial charge in [0.1, 0.15) is 5.75 Å². The summed E-state index contributed by atoms with van der Waals surface area (Å²) in [6, 6.07) is 15.3. The Kier molecular flexibility index (Phi) is 5.48. The third-order valence-corrected chi connectivity index (χ3v) is 3.84. The minimum absolute atomic E-state index is 0.563. The van der Waals surface area contributed by atoms with Crippen LogP contribution in [0.4, 0.5) is 5.69 Å². The zero-order valence-corrected chi connectivity index (χ0v) is 13.0. The van der Waals surface area contributed by atoms with Gasteiger partial charge >= 0.3 is 0 Å². The number of hydrogen-bond acceptors (Lipinski definition) is 3. The average molecular weight is 306 g/mol. The first-order chi connectivity index (χ1) is 10.1. The van der Waals surface area contributed by atoms with Crippen molar-refractivity contribution in [2.75, 3.05) is 25.6 Å². The molecule has 21 heavy (non-hydrogen) atoms. The zero-order chi connectivity index (χ0) is 15.2. The van der Waals surface area contributed by atoms with Crippen molar-refractivity contribution in [1.82, 2.24) is 0 Å². The van der Waals surface area contributed by atoms with Crippen LogP contribution in [0.3, 0.4) is 0 Å². The molecule has 0 aromatic heterocycles. The third kappa shape index (κ3) is 4.13. The largest absolute Gasteiger partial charge is 0.497 e. The molecule has 2 rings (SSSR count). The van der Waals surface area contributed by atoms with Crippen molar-refractivity contribution in [3.05, 3.63) is 59.1 Å². The maximum Gasteiger partial charge on any atom is 0.120 e. The van der Waals surface area contributed by atoms with E-state index in [2.05, 4.69) is 4.90 Å². The summed E-state index contributed by atoms with van der Waals surface area (Å²) in [7, 11) is 3.65. The lowest BCUT2D eigenvalue weighted by molar-refractivity contribution is 0.170. The Bertz CT molecular complexity index is 589. The third-order valence-electron chi connectivity index (χ3n) is 3.50. The van der Waals surface area contributed by atoms with Crippen LogP contribution in [0.25, 0.3) is 0 Å². The van der Waals surface area contributed by atoms with Gasteiger partial charge in [0.25, 0.3) is 0 Å². The van der Waals surface area contributed by atoms with E-state index < -0.39 is 6.10 Å². The van der Waals surface area contributed by atoms with E-state index >= 15 is 0 Å². The first-order valence-corrected chi connectivity index (χ1v) is 7.27. The van der Waals surface area contributed by atoms with Gasteiger partial charge in [-0.1, -0.05) is 35.9 Å². The fraction of sp³-hybridized carbons (Fsp3) is 0.294. The summed E-state index contributed by atoms with van der Waals surface area (Å²) in [6.45, 7) is 0.722. The van der Waals surface area contributed by atoms with E-state index in [0.717, 1.165) is 23.5 Å². The standard InChI is InChI=1S/C17H20ClNO2/c1-19(13-6-5-7-14(12-13)21-2)11-10-17(20)15-8-3-4-9-16(15)18/h3-9,12,17,20H,10-11H2,1-2H3. The molecular weight excluding hydrogens is 286 g/mol. The molecule has 2 aromatic rings. The van der Waals surface area contributed by atoms with E-state index in [-0.39, 0.29) is 0 Å². The second-order valence-corrected chi connectivity index (χ2v) is 5.36. The number of aliphatic hydroxyl groups is 1. The summed E-state index contributed by atoms with van der Waals surface area (Å²) in [5.74, 6) is 0.825. The van der Waals surface area contributed by atoms with Crippen LogP contribution in [0.15, 0.2) is 48.5 Å². The summed E-state index contributed by atoms with van der Waals surface area (Å²) in [4.78, 5) is 2.09. The highest BCUT2D eigenvalue weighted by Gasteiger charge is 2.12. The van der Waals surface area contributed by atoms with Crippen LogP contribution >= 0.6 is 11.6 Å². The van der Waals surface area contributed by atoms with Crippen LogP contribution < -0.4 is 9.64 Å². The van der Waals surface area contributed by atoms with Crippen molar-refractivity contribution >= 4 is 17.3 Å². The van der Waals surface area contributed by atoms with Gasteiger partial charge in [-0.3, -0.25) is 0 Å². The lowest BCUT2D eigenvalue weighted by Gasteiger charge is -2.22. The highest BCUT2D eigenvalue weighted by molar-refractivity contribution is 6.31. The molecule has 0 aliphatic rings. The van der Waals surface area contributed by atoms with Crippen LogP contribution in [0.2, 0.25) is 5.02 Å². The van der Waals surface area contributed by atoms with Crippen molar-refractivity contribution < 1.29 is 9.84 Å². The Morgan fingerprint density at radius 1 is 1.19 bits per heavy atom. The van der Waals surface area contributed by atoms with E-state index in [0.29, 0.717) is 11.4 Å². The van der Waals surface area contributed by atoms with Gasteiger partial charge in [-0.25, -0.2) is 0 Å². The molecule has 1 N–H and O–H groups in total. The van der Waals surface area contributed by atoms with Crippen molar-refractivity contribution in [2.45, 2.75) is 12.5 Å². The van der Waals surface area contributed by atoms with Gasteiger partial charge in [-0.15, -0.1) is 0 Å². The average Bonchev–Trinajstić information content (AvgIpc) is 2.52. The van der Waals surface area contributed by atoms with Gasteiger partial charge in [-0.2, -0.15) is 0 Å². The minimum Gasteiger partial charge on any atom is -0.497 e. The van der Waals surface area contributed by atoms with Crippen LogP contribution in [-0.2, 0) is 0 Å². The van der Waals surface area contributed by atoms with Crippen LogP contribution in [0, 0.1) is 0 Å². The maximum atomic E-state index is 10.3. The van der Waals surface area contributed by atoms with Crippen molar-refractivity contribution in [3.8, 4) is 5.75 Å². The number of methoxy groups -OCH3 is 1. The molecule has 0 saturated heterocycles. The molecule has 0 aliphatic carbocycles. The number of nitrogens with zero attached hydrogens (tertiary/aromatic N) is 1. The summed E-state index contributed by atoms with van der Waals surface area (Å²) in [6.07, 6.45) is 0.0454. The fourth-order valence-corrected chi connectivity index (χ4v) is 2.46. The summed E-state index contributed by atoms with van der Waals surface area (Å²) in [5.41, 5.74) is 1.83. The number of anilines is 1. The number of ether oxygens (including phenoxy) is 1. The monoisotopic (exact) mass is 305 g/mol. The van der Waals surface area contributed by atoms with Gasteiger partial charge in [0.05, 0.1) is 13.2 Å². The van der Waals surface area contributed by atoms with Crippen molar-refractivity contribution in [1.29, 1.82) is 0 Å². The van der Waals surface area contributed by atoms with E-state index in [9.17, 15) is 5.11 Å². The first kappa shape index (κ1) is 15.7. The molecule has 0 bridgehead atoms. The minimum atomic E-state index is -0.563. The summed E-state index contributed by atoms with van der Waals surface area (Å²) >= 11 is 6.10. The molecule has 4 heteroatoms. The van der Waals surface area contributed by atoms with E-state index in [1.54, 1.807) is 13.2 Å². The predicted octanol–water partition coefficient (Wildman–Crippen LogP) is 3.91. The number of halogens is 1. The number of benzene rings is 2. The topological polar surface area (TPSA) is 32.7 Å². The Balaban J connectivity index is 1.97. The smallest absolute Gasteiger partial charge is 0.120 e. The van der Waals surface area contributed by atoms with Crippen LogP contribution in [0.1, 0.15) is 18.1 Å². The highest BCUT2D eigenvalue weighted by Crippen LogP contribution is 2.26. The molecule has 0 saturated carbocycles. The summed E-state index contributed by atoms with van der Waals surface area (Å²) in [5, 5.41) is 10.9. The lowest BCUT2D eigenvalue weighted by Crippen LogP contribution is -2.20. The SMILES string of the molecule is COc1cccc(N(C)CCC(O)c2ccccc2Cl)c1. The first-order valence-electron chi connectivity index (χ1n) is 6.89. The number of aliphatic hydroxyl groups excluding tert-OH is 1. The van der Waals surface area contributed by atoms with Crippen LogP contribution in [0.5, 0.6) is 5.75 Å². The molecule has 1 unspecified atom stereocenters. The Morgan fingerprint density at radius 2 is 1.95 bits per heavy atom. The van der Waals surface area contributed by atoms with Gasteiger partial charge in [0.15, 0.2) is 0 Å². The molecule has 3 nitrogen and oxygen atoms in total. The molecular formula is C17H20ClNO2. The quantitative estimate of drug-likeness (QED) is 0.878. The van der Waals surface area contributed by atoms with Gasteiger partial charge in [-0.05, 0) is 30.2 Å². The van der Waals surface area contributed by atoms with E-state index in [4.69, 9.17) is 16.3 Å². The Morgan fingerprint density at radius 3 is 2.67 bits per heavy atom. The Hall–Kier alpha value is -1.71. The zero-order valence-electron chi connectivity index (χ0n) is 12.3. The number of hydrogen-bond donors (Lipinski definition) is 1. The summed E-state index contributed by atoms with van der Waals surface area (Å²) < 4.78 is 5.22. The van der Waals surface area contributed by atoms with Gasteiger partial charge in [0.2, 0.25) is 0 Å². The second kappa shape index (κ2) is 7.34. The van der Waals surface area contributed by atoms with Crippen molar-refractivity contribution in [3.63, 3.8) is 0 Å². The van der Waals surface area contributed by atoms with Gasteiger partial charge in [0, 0.05) is 30.4 Å². The van der Waals surface area contributed by atoms with Gasteiger partial charge < -0.3 is 14.7 Å². The molecule has 0 fully saturated rings. The molecule has 2 aromatic carbocycles. The predicted molar refractivity (Wildman–Crippen MR) is 87.3 cm³/mol. The molecule has 0 amide bonds. The van der Waals surface area contributed by atoms with E-state index in [1.165, 1.54) is 0 Å². The molecule has 1 atom stereocenters. The lowest BCUT2D eigenvalue weighted by atomic mass is 10.1. The fourth-order valence-electron chi connectivity index (χ4n) is 2.19. The molecule has 0 heterocycles. The normalized spacial score (nSPS) is 12.0. The molecule has 112 valence electrons. The molecule has 0 radical (unpaired) electrons.